The number of aliphatic hydroxyl groups is 1. The predicted molar refractivity (Wildman–Crippen MR) is 109 cm³/mol. The molecule has 0 spiro atoms. The Morgan fingerprint density at radius 3 is 2.28 bits per heavy atom. The molecule has 1 heterocycles. The zero-order valence-electron chi connectivity index (χ0n) is 14.5. The molecule has 6 nitrogen and oxygen atoms in total. The molecular formula is C19H13Cl3O6S. The lowest BCUT2D eigenvalue weighted by molar-refractivity contribution is -0.137. The summed E-state index contributed by atoms with van der Waals surface area (Å²) in [6.45, 7) is 0. The van der Waals surface area contributed by atoms with Crippen LogP contribution in [-0.4, -0.2) is 30.4 Å². The lowest BCUT2D eigenvalue weighted by Gasteiger charge is -2.23. The summed E-state index contributed by atoms with van der Waals surface area (Å²) in [5, 5.41) is 20.2. The molecule has 0 amide bonds. The molecule has 2 aromatic rings. The lowest BCUT2D eigenvalue weighted by Crippen LogP contribution is -2.24. The van der Waals surface area contributed by atoms with Gasteiger partial charge in [0.2, 0.25) is 15.6 Å². The second kappa shape index (κ2) is 7.99. The number of aliphatic carboxylic acids is 1. The molecule has 1 atom stereocenters. The summed E-state index contributed by atoms with van der Waals surface area (Å²) in [6, 6.07) is 8.04. The van der Waals surface area contributed by atoms with Crippen LogP contribution in [0.2, 0.25) is 15.1 Å². The Morgan fingerprint density at radius 2 is 1.66 bits per heavy atom. The molecule has 0 aromatic heterocycles. The van der Waals surface area contributed by atoms with Crippen molar-refractivity contribution in [2.75, 3.05) is 0 Å². The first-order chi connectivity index (χ1) is 13.5. The molecule has 0 fully saturated rings. The number of carbonyl (C=O) groups is 2. The van der Waals surface area contributed by atoms with Crippen LogP contribution < -0.4 is 0 Å². The Kier molecular flexibility index (Phi) is 5.96. The number of rotatable bonds is 5. The molecule has 1 aliphatic rings. The molecule has 1 unspecified atom stereocenters. The largest absolute Gasteiger partial charge is 0.503 e. The number of hydrogen-bond donors (Lipinski definition) is 2. The number of allylic oxidation sites excluding steroid dienone is 2. The van der Waals surface area contributed by atoms with Gasteiger partial charge in [0.25, 0.3) is 0 Å². The summed E-state index contributed by atoms with van der Waals surface area (Å²) in [4.78, 5) is 23.0. The van der Waals surface area contributed by atoms with Gasteiger partial charge in [0, 0.05) is 26.5 Å². The summed E-state index contributed by atoms with van der Waals surface area (Å²) in [5.74, 6) is -3.98. The quantitative estimate of drug-likeness (QED) is 0.627. The van der Waals surface area contributed by atoms with E-state index < -0.39 is 51.0 Å². The van der Waals surface area contributed by atoms with Gasteiger partial charge in [0.15, 0.2) is 5.76 Å². The Bertz CT molecular complexity index is 1170. The fourth-order valence-corrected chi connectivity index (χ4v) is 5.65. The summed E-state index contributed by atoms with van der Waals surface area (Å²) >= 11 is 17.9. The summed E-state index contributed by atoms with van der Waals surface area (Å²) in [6.07, 6.45) is -0.912. The zero-order valence-corrected chi connectivity index (χ0v) is 17.6. The van der Waals surface area contributed by atoms with Crippen LogP contribution in [0.1, 0.15) is 34.7 Å². The number of Topliss-reactive ketones (excluding diaryl/α,β-unsaturated/α-hetero) is 1. The fourth-order valence-electron chi connectivity index (χ4n) is 3.19. The van der Waals surface area contributed by atoms with Crippen LogP contribution in [0.25, 0.3) is 0 Å². The monoisotopic (exact) mass is 474 g/mol. The number of halogens is 3. The van der Waals surface area contributed by atoms with Gasteiger partial charge < -0.3 is 10.2 Å². The van der Waals surface area contributed by atoms with Crippen molar-refractivity contribution in [2.24, 2.45) is 0 Å². The predicted octanol–water partition coefficient (Wildman–Crippen LogP) is 5.04. The highest BCUT2D eigenvalue weighted by molar-refractivity contribution is 7.95. The normalized spacial score (nSPS) is 16.4. The number of carboxylic acid groups (broad SMARTS) is 1. The van der Waals surface area contributed by atoms with Crippen LogP contribution in [0.5, 0.6) is 0 Å². The van der Waals surface area contributed by atoms with E-state index >= 15 is 0 Å². The number of sulfone groups is 1. The van der Waals surface area contributed by atoms with Gasteiger partial charge in [0.05, 0.1) is 16.2 Å². The van der Waals surface area contributed by atoms with Crippen molar-refractivity contribution in [3.63, 3.8) is 0 Å². The number of carboxylic acids is 1. The number of ketones is 1. The van der Waals surface area contributed by atoms with Gasteiger partial charge in [-0.25, -0.2) is 8.42 Å². The third kappa shape index (κ3) is 4.14. The molecular weight excluding hydrogens is 463 g/mol. The molecule has 0 saturated heterocycles. The van der Waals surface area contributed by atoms with Crippen molar-refractivity contribution in [2.45, 2.75) is 23.7 Å². The highest BCUT2D eigenvalue weighted by Gasteiger charge is 2.39. The van der Waals surface area contributed by atoms with Gasteiger partial charge >= 0.3 is 5.97 Å². The van der Waals surface area contributed by atoms with E-state index in [0.29, 0.717) is 10.6 Å². The van der Waals surface area contributed by atoms with E-state index in [-0.39, 0.29) is 20.5 Å². The molecule has 0 bridgehead atoms. The molecule has 10 heteroatoms. The topological polar surface area (TPSA) is 109 Å². The zero-order chi connectivity index (χ0) is 21.5. The van der Waals surface area contributed by atoms with Gasteiger partial charge in [-0.3, -0.25) is 9.59 Å². The maximum absolute atomic E-state index is 13.0. The maximum atomic E-state index is 13.0. The van der Waals surface area contributed by atoms with Crippen molar-refractivity contribution < 1.29 is 28.2 Å². The molecule has 2 aromatic carbocycles. The minimum Gasteiger partial charge on any atom is -0.503 e. The third-order valence-corrected chi connectivity index (χ3v) is 7.28. The maximum Gasteiger partial charge on any atom is 0.303 e. The van der Waals surface area contributed by atoms with Crippen molar-refractivity contribution in [1.29, 1.82) is 0 Å². The number of fused-ring (bicyclic) bond motifs is 1. The van der Waals surface area contributed by atoms with Gasteiger partial charge in [-0.1, -0.05) is 40.9 Å². The Labute approximate surface area is 181 Å². The van der Waals surface area contributed by atoms with Crippen LogP contribution in [0, 0.1) is 0 Å². The van der Waals surface area contributed by atoms with E-state index in [0.717, 1.165) is 6.07 Å². The first kappa shape index (κ1) is 21.6. The Balaban J connectivity index is 2.12. The van der Waals surface area contributed by atoms with E-state index in [2.05, 4.69) is 0 Å². The molecule has 0 radical (unpaired) electrons. The second-order valence-electron chi connectivity index (χ2n) is 6.41. The van der Waals surface area contributed by atoms with Crippen molar-refractivity contribution in [3.05, 3.63) is 73.3 Å². The van der Waals surface area contributed by atoms with E-state index in [1.165, 1.54) is 30.3 Å². The summed E-state index contributed by atoms with van der Waals surface area (Å²) in [5.41, 5.74) is 0.0985. The standard InChI is InChI=1S/C19H13Cl3O6S/c20-10-2-4-15-13(7-10)18(25)19(26)16(29(15,27)28)5-9(6-17(23)24)12-3-1-11(21)8-14(12)22/h1-4,7-9,26H,5-6H2,(H,23,24). The van der Waals surface area contributed by atoms with Gasteiger partial charge in [-0.05, 0) is 42.3 Å². The number of carbonyl (C=O) groups excluding carboxylic acids is 1. The highest BCUT2D eigenvalue weighted by Crippen LogP contribution is 2.41. The van der Waals surface area contributed by atoms with E-state index in [4.69, 9.17) is 34.8 Å². The first-order valence-electron chi connectivity index (χ1n) is 8.20. The van der Waals surface area contributed by atoms with Gasteiger partial charge in [-0.15, -0.1) is 0 Å². The number of hydrogen-bond acceptors (Lipinski definition) is 5. The molecule has 3 rings (SSSR count). The van der Waals surface area contributed by atoms with E-state index in [1.54, 1.807) is 0 Å². The van der Waals surface area contributed by atoms with E-state index in [9.17, 15) is 28.2 Å². The SMILES string of the molecule is O=C(O)CC(CC1=C(O)C(=O)c2cc(Cl)ccc2S1(=O)=O)c1ccc(Cl)cc1Cl. The van der Waals surface area contributed by atoms with E-state index in [1.807, 2.05) is 0 Å². The minimum atomic E-state index is -4.25. The average Bonchev–Trinajstić information content (AvgIpc) is 2.62. The minimum absolute atomic E-state index is 0.139. The summed E-state index contributed by atoms with van der Waals surface area (Å²) < 4.78 is 26.1. The van der Waals surface area contributed by atoms with Crippen molar-refractivity contribution in [3.8, 4) is 0 Å². The molecule has 1 aliphatic heterocycles. The average molecular weight is 476 g/mol. The fraction of sp³-hybridized carbons (Fsp3) is 0.158. The third-order valence-electron chi connectivity index (χ3n) is 4.53. The lowest BCUT2D eigenvalue weighted by atomic mass is 9.91. The summed E-state index contributed by atoms with van der Waals surface area (Å²) in [7, 11) is -4.25. The molecule has 152 valence electrons. The molecule has 2 N–H and O–H groups in total. The Hall–Kier alpha value is -2.06. The van der Waals surface area contributed by atoms with Crippen LogP contribution >= 0.6 is 34.8 Å². The van der Waals surface area contributed by atoms with Crippen LogP contribution in [-0.2, 0) is 14.6 Å². The van der Waals surface area contributed by atoms with Crippen molar-refractivity contribution >= 4 is 56.4 Å². The molecule has 0 saturated carbocycles. The van der Waals surface area contributed by atoms with Crippen LogP contribution in [0.3, 0.4) is 0 Å². The first-order valence-corrected chi connectivity index (χ1v) is 10.8. The highest BCUT2D eigenvalue weighted by atomic mass is 35.5. The van der Waals surface area contributed by atoms with Crippen LogP contribution in [0.15, 0.2) is 52.0 Å². The molecule has 29 heavy (non-hydrogen) atoms. The number of aliphatic hydroxyl groups excluding tert-OH is 1. The molecule has 0 aliphatic carbocycles. The smallest absolute Gasteiger partial charge is 0.303 e. The second-order valence-corrected chi connectivity index (χ2v) is 9.63. The number of benzene rings is 2. The Morgan fingerprint density at radius 1 is 1.03 bits per heavy atom. The van der Waals surface area contributed by atoms with Crippen molar-refractivity contribution in [1.82, 2.24) is 0 Å². The van der Waals surface area contributed by atoms with Gasteiger partial charge in [0.1, 0.15) is 0 Å². The van der Waals surface area contributed by atoms with Crippen LogP contribution in [0.4, 0.5) is 0 Å². The van der Waals surface area contributed by atoms with Gasteiger partial charge in [-0.2, -0.15) is 0 Å².